The van der Waals surface area contributed by atoms with E-state index in [0.29, 0.717) is 31.2 Å². The molecule has 184 valence electrons. The third-order valence-electron chi connectivity index (χ3n) is 6.30. The molecule has 10 heteroatoms. The summed E-state index contributed by atoms with van der Waals surface area (Å²) >= 11 is 0. The van der Waals surface area contributed by atoms with Crippen molar-refractivity contribution in [2.24, 2.45) is 0 Å². The standard InChI is InChI=1S/C24H31FN4O5/c1-5-33-21-9-20(18-6-7-19(32-4)15(3)23(18)27-21)34-17-8-14(2)29(13-17)22(30)10-26-24(31)28-11-16(25)12-28/h6-7,9,14,16-17H,5,8,10-13H2,1-4H3,(H,26,31)/t14?,17-/m1/s1. The third kappa shape index (κ3) is 4.80. The topological polar surface area (TPSA) is 93.2 Å². The predicted octanol–water partition coefficient (Wildman–Crippen LogP) is 2.68. The van der Waals surface area contributed by atoms with Crippen molar-refractivity contribution in [1.82, 2.24) is 20.1 Å². The van der Waals surface area contributed by atoms with Crippen molar-refractivity contribution >= 4 is 22.8 Å². The largest absolute Gasteiger partial charge is 0.496 e. The summed E-state index contributed by atoms with van der Waals surface area (Å²) in [7, 11) is 1.62. The van der Waals surface area contributed by atoms with E-state index in [1.807, 2.05) is 32.9 Å². The first kappa shape index (κ1) is 23.8. The molecule has 2 aliphatic heterocycles. The lowest BCUT2D eigenvalue weighted by molar-refractivity contribution is -0.130. The molecule has 2 saturated heterocycles. The molecule has 0 saturated carbocycles. The fraction of sp³-hybridized carbons (Fsp3) is 0.542. The molecule has 1 aromatic heterocycles. The summed E-state index contributed by atoms with van der Waals surface area (Å²) in [6.07, 6.45) is -0.548. The Kier molecular flexibility index (Phi) is 6.95. The molecular formula is C24H31FN4O5. The van der Waals surface area contributed by atoms with Gasteiger partial charge in [-0.25, -0.2) is 14.2 Å². The van der Waals surface area contributed by atoms with Gasteiger partial charge in [0.1, 0.15) is 23.8 Å². The Balaban J connectivity index is 1.45. The maximum Gasteiger partial charge on any atom is 0.318 e. The molecule has 9 nitrogen and oxygen atoms in total. The molecule has 2 aromatic rings. The highest BCUT2D eigenvalue weighted by molar-refractivity contribution is 5.90. The van der Waals surface area contributed by atoms with Gasteiger partial charge in [-0.2, -0.15) is 0 Å². The van der Waals surface area contributed by atoms with Crippen LogP contribution in [0.4, 0.5) is 9.18 Å². The number of hydrogen-bond acceptors (Lipinski definition) is 6. The van der Waals surface area contributed by atoms with Crippen LogP contribution in [0.25, 0.3) is 10.9 Å². The van der Waals surface area contributed by atoms with Crippen LogP contribution in [0.15, 0.2) is 18.2 Å². The number of likely N-dealkylation sites (tertiary alicyclic amines) is 2. The molecular weight excluding hydrogens is 443 g/mol. The number of amides is 3. The van der Waals surface area contributed by atoms with E-state index >= 15 is 0 Å². The van der Waals surface area contributed by atoms with Crippen molar-refractivity contribution in [2.75, 3.05) is 39.9 Å². The van der Waals surface area contributed by atoms with Crippen LogP contribution in [0.2, 0.25) is 0 Å². The summed E-state index contributed by atoms with van der Waals surface area (Å²) in [5.74, 6) is 1.63. The van der Waals surface area contributed by atoms with Gasteiger partial charge in [-0.1, -0.05) is 0 Å². The molecule has 4 rings (SSSR count). The molecule has 3 heterocycles. The van der Waals surface area contributed by atoms with Crippen LogP contribution in [0.3, 0.4) is 0 Å². The first-order valence-corrected chi connectivity index (χ1v) is 11.5. The highest BCUT2D eigenvalue weighted by Crippen LogP contribution is 2.36. The lowest BCUT2D eigenvalue weighted by Gasteiger charge is -2.34. The number of rotatable bonds is 7. The van der Waals surface area contributed by atoms with Crippen LogP contribution >= 0.6 is 0 Å². The molecule has 1 N–H and O–H groups in total. The lowest BCUT2D eigenvalue weighted by atomic mass is 10.1. The molecule has 34 heavy (non-hydrogen) atoms. The van der Waals surface area contributed by atoms with Gasteiger partial charge in [0.05, 0.1) is 45.4 Å². The summed E-state index contributed by atoms with van der Waals surface area (Å²) in [4.78, 5) is 32.4. The van der Waals surface area contributed by atoms with Gasteiger partial charge in [-0.15, -0.1) is 0 Å². The van der Waals surface area contributed by atoms with E-state index in [9.17, 15) is 14.0 Å². The number of ether oxygens (including phenoxy) is 3. The van der Waals surface area contributed by atoms with Gasteiger partial charge in [-0.3, -0.25) is 4.79 Å². The normalized spacial score (nSPS) is 20.3. The van der Waals surface area contributed by atoms with E-state index in [4.69, 9.17) is 14.2 Å². The number of nitrogens with zero attached hydrogens (tertiary/aromatic N) is 3. The number of hydrogen-bond donors (Lipinski definition) is 1. The average Bonchev–Trinajstić information content (AvgIpc) is 3.16. The summed E-state index contributed by atoms with van der Waals surface area (Å²) in [6.45, 7) is 6.67. The summed E-state index contributed by atoms with van der Waals surface area (Å²) < 4.78 is 30.4. The van der Waals surface area contributed by atoms with Gasteiger partial charge in [0.2, 0.25) is 11.8 Å². The number of carbonyl (C=O) groups is 2. The van der Waals surface area contributed by atoms with E-state index in [0.717, 1.165) is 22.2 Å². The molecule has 0 bridgehead atoms. The second-order valence-corrected chi connectivity index (χ2v) is 8.71. The van der Waals surface area contributed by atoms with E-state index in [1.54, 1.807) is 18.1 Å². The Bertz CT molecular complexity index is 1070. The van der Waals surface area contributed by atoms with E-state index in [2.05, 4.69) is 10.3 Å². The molecule has 1 unspecified atom stereocenters. The van der Waals surface area contributed by atoms with Crippen molar-refractivity contribution in [3.8, 4) is 17.4 Å². The van der Waals surface area contributed by atoms with Crippen LogP contribution in [0.5, 0.6) is 17.4 Å². The number of pyridine rings is 1. The smallest absolute Gasteiger partial charge is 0.318 e. The SMILES string of the molecule is CCOc1cc(O[C@@H]2CC(C)N(C(=O)CNC(=O)N3CC(F)C3)C2)c2ccc(OC)c(C)c2n1. The minimum Gasteiger partial charge on any atom is -0.496 e. The number of carbonyl (C=O) groups excluding carboxylic acids is 2. The average molecular weight is 475 g/mol. The zero-order valence-corrected chi connectivity index (χ0v) is 20.0. The van der Waals surface area contributed by atoms with Gasteiger partial charge >= 0.3 is 6.03 Å². The molecule has 1 aromatic carbocycles. The monoisotopic (exact) mass is 474 g/mol. The fourth-order valence-corrected chi connectivity index (χ4v) is 4.45. The predicted molar refractivity (Wildman–Crippen MR) is 124 cm³/mol. The zero-order valence-electron chi connectivity index (χ0n) is 20.0. The maximum atomic E-state index is 12.9. The number of halogens is 1. The summed E-state index contributed by atoms with van der Waals surface area (Å²) in [6, 6.07) is 5.10. The highest BCUT2D eigenvalue weighted by atomic mass is 19.1. The van der Waals surface area contributed by atoms with Crippen molar-refractivity contribution < 1.29 is 28.2 Å². The summed E-state index contributed by atoms with van der Waals surface area (Å²) in [5, 5.41) is 3.42. The second kappa shape index (κ2) is 9.90. The van der Waals surface area contributed by atoms with Crippen molar-refractivity contribution in [3.05, 3.63) is 23.8 Å². The number of methoxy groups -OCH3 is 1. The molecule has 2 aliphatic rings. The van der Waals surface area contributed by atoms with Gasteiger partial charge < -0.3 is 29.3 Å². The lowest BCUT2D eigenvalue weighted by Crippen LogP contribution is -2.56. The molecule has 3 amide bonds. The molecule has 2 fully saturated rings. The Hall–Kier alpha value is -3.30. The first-order valence-electron chi connectivity index (χ1n) is 11.5. The zero-order chi connectivity index (χ0) is 24.4. The summed E-state index contributed by atoms with van der Waals surface area (Å²) in [5.41, 5.74) is 1.63. The van der Waals surface area contributed by atoms with Crippen molar-refractivity contribution in [1.29, 1.82) is 0 Å². The van der Waals surface area contributed by atoms with Gasteiger partial charge in [0.25, 0.3) is 0 Å². The van der Waals surface area contributed by atoms with Crippen LogP contribution in [0, 0.1) is 6.92 Å². The minimum absolute atomic E-state index is 0.0464. The highest BCUT2D eigenvalue weighted by Gasteiger charge is 2.35. The number of alkyl halides is 1. The quantitative estimate of drug-likeness (QED) is 0.663. The third-order valence-corrected chi connectivity index (χ3v) is 6.30. The molecule has 2 atom stereocenters. The fourth-order valence-electron chi connectivity index (χ4n) is 4.45. The number of fused-ring (bicyclic) bond motifs is 1. The second-order valence-electron chi connectivity index (χ2n) is 8.71. The molecule has 0 spiro atoms. The van der Waals surface area contributed by atoms with E-state index < -0.39 is 12.2 Å². The van der Waals surface area contributed by atoms with E-state index in [-0.39, 0.29) is 37.7 Å². The Morgan fingerprint density at radius 1 is 1.24 bits per heavy atom. The van der Waals surface area contributed by atoms with Crippen LogP contribution < -0.4 is 19.5 Å². The van der Waals surface area contributed by atoms with Gasteiger partial charge in [-0.05, 0) is 32.9 Å². The van der Waals surface area contributed by atoms with Crippen LogP contribution in [-0.4, -0.2) is 84.9 Å². The first-order chi connectivity index (χ1) is 16.3. The van der Waals surface area contributed by atoms with E-state index in [1.165, 1.54) is 4.90 Å². The Morgan fingerprint density at radius 3 is 2.68 bits per heavy atom. The van der Waals surface area contributed by atoms with Crippen molar-refractivity contribution in [3.63, 3.8) is 0 Å². The number of aromatic nitrogens is 1. The Labute approximate surface area is 198 Å². The Morgan fingerprint density at radius 2 is 2.00 bits per heavy atom. The number of nitrogens with one attached hydrogen (secondary N) is 1. The van der Waals surface area contributed by atoms with Crippen molar-refractivity contribution in [2.45, 2.75) is 45.5 Å². The number of urea groups is 1. The minimum atomic E-state index is -0.977. The van der Waals surface area contributed by atoms with Gasteiger partial charge in [0, 0.05) is 29.5 Å². The van der Waals surface area contributed by atoms with Gasteiger partial charge in [0.15, 0.2) is 0 Å². The maximum absolute atomic E-state index is 12.9. The number of benzene rings is 1. The van der Waals surface area contributed by atoms with Crippen LogP contribution in [-0.2, 0) is 4.79 Å². The number of aryl methyl sites for hydroxylation is 1. The molecule has 0 radical (unpaired) electrons. The molecule has 0 aliphatic carbocycles. The van der Waals surface area contributed by atoms with Crippen LogP contribution in [0.1, 0.15) is 25.8 Å².